The summed E-state index contributed by atoms with van der Waals surface area (Å²) in [5.74, 6) is -0.452. The Kier molecular flexibility index (Phi) is 3.71. The Morgan fingerprint density at radius 2 is 2.33 bits per heavy atom. The van der Waals surface area contributed by atoms with Crippen LogP contribution in [0, 0.1) is 0 Å². The second-order valence-corrected chi connectivity index (χ2v) is 1.65. The van der Waals surface area contributed by atoms with Gasteiger partial charge in [0.15, 0.2) is 0 Å². The van der Waals surface area contributed by atoms with Gasteiger partial charge in [0.2, 0.25) is 5.91 Å². The monoisotopic (exact) mass is 129 g/mol. The summed E-state index contributed by atoms with van der Waals surface area (Å²) >= 11 is 0. The fourth-order valence-electron chi connectivity index (χ4n) is 0.530. The van der Waals surface area contributed by atoms with E-state index in [1.54, 1.807) is 13.0 Å². The largest absolute Gasteiger partial charge is 0.396 e. The quantitative estimate of drug-likeness (QED) is 0.518. The zero-order valence-corrected chi connectivity index (χ0v) is 5.42. The molecule has 3 heteroatoms. The molecule has 0 radical (unpaired) electrons. The molecule has 1 amide bonds. The average Bonchev–Trinajstić information content (AvgIpc) is 1.82. The lowest BCUT2D eigenvalue weighted by Gasteiger charge is -1.96. The molecule has 0 aliphatic rings. The summed E-state index contributed by atoms with van der Waals surface area (Å²) in [5, 5.41) is 8.37. The van der Waals surface area contributed by atoms with Gasteiger partial charge >= 0.3 is 0 Å². The zero-order valence-electron chi connectivity index (χ0n) is 5.42. The number of carbonyl (C=O) groups is 1. The van der Waals surface area contributed by atoms with Crippen molar-refractivity contribution >= 4 is 5.91 Å². The van der Waals surface area contributed by atoms with E-state index in [0.717, 1.165) is 0 Å². The molecule has 0 aromatic heterocycles. The summed E-state index contributed by atoms with van der Waals surface area (Å²) in [5.41, 5.74) is 5.40. The highest BCUT2D eigenvalue weighted by Gasteiger charge is 1.99. The molecule has 0 aliphatic heterocycles. The van der Waals surface area contributed by atoms with Gasteiger partial charge < -0.3 is 10.8 Å². The number of hydrogen-bond donors (Lipinski definition) is 2. The number of primary amides is 1. The Balaban J connectivity index is 3.85. The molecule has 0 aromatic rings. The van der Waals surface area contributed by atoms with Crippen molar-refractivity contribution in [3.8, 4) is 0 Å². The van der Waals surface area contributed by atoms with Crippen LogP contribution in [0.3, 0.4) is 0 Å². The molecule has 0 fully saturated rings. The average molecular weight is 129 g/mol. The fourth-order valence-corrected chi connectivity index (χ4v) is 0.530. The number of rotatable bonds is 3. The van der Waals surface area contributed by atoms with Crippen LogP contribution in [0.2, 0.25) is 0 Å². The van der Waals surface area contributed by atoms with Gasteiger partial charge in [-0.3, -0.25) is 4.79 Å². The molecule has 0 rings (SSSR count). The first-order chi connectivity index (χ1) is 4.22. The molecule has 52 valence electrons. The van der Waals surface area contributed by atoms with E-state index in [1.807, 2.05) is 0 Å². The summed E-state index contributed by atoms with van der Waals surface area (Å²) in [6.45, 7) is 1.69. The molecule has 0 aliphatic carbocycles. The molecular weight excluding hydrogens is 118 g/mol. The van der Waals surface area contributed by atoms with Crippen molar-refractivity contribution in [3.63, 3.8) is 0 Å². The van der Waals surface area contributed by atoms with Crippen molar-refractivity contribution in [2.24, 2.45) is 5.73 Å². The van der Waals surface area contributed by atoms with Crippen LogP contribution in [-0.2, 0) is 4.79 Å². The SMILES string of the molecule is CC=C(CCO)C(N)=O. The molecule has 3 N–H and O–H groups in total. The van der Waals surface area contributed by atoms with Crippen LogP contribution in [-0.4, -0.2) is 17.6 Å². The van der Waals surface area contributed by atoms with Gasteiger partial charge in [0.1, 0.15) is 0 Å². The molecule has 3 nitrogen and oxygen atoms in total. The first-order valence-corrected chi connectivity index (χ1v) is 2.78. The van der Waals surface area contributed by atoms with Gasteiger partial charge in [0.25, 0.3) is 0 Å². The Bertz CT molecular complexity index is 129. The van der Waals surface area contributed by atoms with E-state index in [2.05, 4.69) is 0 Å². The number of aliphatic hydroxyl groups excluding tert-OH is 1. The van der Waals surface area contributed by atoms with E-state index >= 15 is 0 Å². The van der Waals surface area contributed by atoms with E-state index in [0.29, 0.717) is 12.0 Å². The standard InChI is InChI=1S/C6H11NO2/c1-2-5(3-4-8)6(7)9/h2,8H,3-4H2,1H3,(H2,7,9). The summed E-state index contributed by atoms with van der Waals surface area (Å²) < 4.78 is 0. The molecule has 0 unspecified atom stereocenters. The van der Waals surface area contributed by atoms with Crippen LogP contribution in [0.25, 0.3) is 0 Å². The maximum absolute atomic E-state index is 10.4. The molecule has 0 heterocycles. The summed E-state index contributed by atoms with van der Waals surface area (Å²) in [7, 11) is 0. The summed E-state index contributed by atoms with van der Waals surface area (Å²) in [6.07, 6.45) is 1.96. The summed E-state index contributed by atoms with van der Waals surface area (Å²) in [6, 6.07) is 0. The number of carbonyl (C=O) groups excluding carboxylic acids is 1. The lowest BCUT2D eigenvalue weighted by molar-refractivity contribution is -0.114. The zero-order chi connectivity index (χ0) is 7.28. The van der Waals surface area contributed by atoms with Crippen molar-refractivity contribution in [2.75, 3.05) is 6.61 Å². The maximum Gasteiger partial charge on any atom is 0.244 e. The number of hydrogen-bond acceptors (Lipinski definition) is 2. The second kappa shape index (κ2) is 4.09. The highest BCUT2D eigenvalue weighted by Crippen LogP contribution is 1.97. The van der Waals surface area contributed by atoms with Crippen LogP contribution in [0.5, 0.6) is 0 Å². The van der Waals surface area contributed by atoms with E-state index in [4.69, 9.17) is 10.8 Å². The number of amides is 1. The minimum absolute atomic E-state index is 0.0252. The lowest BCUT2D eigenvalue weighted by Crippen LogP contribution is -2.14. The van der Waals surface area contributed by atoms with Crippen LogP contribution >= 0.6 is 0 Å². The van der Waals surface area contributed by atoms with Crippen LogP contribution in [0.15, 0.2) is 11.6 Å². The third kappa shape index (κ3) is 2.87. The van der Waals surface area contributed by atoms with Gasteiger partial charge in [-0.1, -0.05) is 6.08 Å². The smallest absolute Gasteiger partial charge is 0.244 e. The van der Waals surface area contributed by atoms with E-state index in [9.17, 15) is 4.79 Å². The van der Waals surface area contributed by atoms with Gasteiger partial charge in [-0.05, 0) is 6.92 Å². The predicted molar refractivity (Wildman–Crippen MR) is 34.7 cm³/mol. The highest BCUT2D eigenvalue weighted by atomic mass is 16.3. The molecule has 0 saturated carbocycles. The Morgan fingerprint density at radius 1 is 1.78 bits per heavy atom. The number of aliphatic hydroxyl groups is 1. The first kappa shape index (κ1) is 8.17. The molecule has 0 atom stereocenters. The Labute approximate surface area is 54.2 Å². The van der Waals surface area contributed by atoms with Gasteiger partial charge in [0, 0.05) is 18.6 Å². The van der Waals surface area contributed by atoms with E-state index < -0.39 is 5.91 Å². The Morgan fingerprint density at radius 3 is 2.44 bits per heavy atom. The van der Waals surface area contributed by atoms with E-state index in [-0.39, 0.29) is 6.61 Å². The molecule has 0 saturated heterocycles. The Hall–Kier alpha value is -0.830. The lowest BCUT2D eigenvalue weighted by atomic mass is 10.2. The van der Waals surface area contributed by atoms with Crippen LogP contribution in [0.4, 0.5) is 0 Å². The topological polar surface area (TPSA) is 63.3 Å². The fraction of sp³-hybridized carbons (Fsp3) is 0.500. The molecule has 0 spiro atoms. The second-order valence-electron chi connectivity index (χ2n) is 1.65. The maximum atomic E-state index is 10.4. The molecule has 0 bridgehead atoms. The van der Waals surface area contributed by atoms with Gasteiger partial charge in [-0.25, -0.2) is 0 Å². The highest BCUT2D eigenvalue weighted by molar-refractivity contribution is 5.91. The van der Waals surface area contributed by atoms with Crippen molar-refractivity contribution in [1.82, 2.24) is 0 Å². The normalized spacial score (nSPS) is 11.6. The first-order valence-electron chi connectivity index (χ1n) is 2.78. The van der Waals surface area contributed by atoms with Gasteiger partial charge in [-0.2, -0.15) is 0 Å². The van der Waals surface area contributed by atoms with Crippen LogP contribution in [0.1, 0.15) is 13.3 Å². The molecule has 0 aromatic carbocycles. The molecular formula is C6H11NO2. The molecule has 9 heavy (non-hydrogen) atoms. The minimum Gasteiger partial charge on any atom is -0.396 e. The van der Waals surface area contributed by atoms with Crippen molar-refractivity contribution in [3.05, 3.63) is 11.6 Å². The van der Waals surface area contributed by atoms with Gasteiger partial charge in [0.05, 0.1) is 0 Å². The number of nitrogens with two attached hydrogens (primary N) is 1. The van der Waals surface area contributed by atoms with Crippen molar-refractivity contribution in [2.45, 2.75) is 13.3 Å². The van der Waals surface area contributed by atoms with E-state index in [1.165, 1.54) is 0 Å². The minimum atomic E-state index is -0.452. The van der Waals surface area contributed by atoms with Gasteiger partial charge in [-0.15, -0.1) is 0 Å². The third-order valence-electron chi connectivity index (χ3n) is 1.05. The third-order valence-corrected chi connectivity index (χ3v) is 1.05. The number of allylic oxidation sites excluding steroid dienone is 1. The van der Waals surface area contributed by atoms with Crippen molar-refractivity contribution < 1.29 is 9.90 Å². The summed E-state index contributed by atoms with van der Waals surface area (Å²) in [4.78, 5) is 10.4. The van der Waals surface area contributed by atoms with Crippen LogP contribution < -0.4 is 5.73 Å². The van der Waals surface area contributed by atoms with Crippen molar-refractivity contribution in [1.29, 1.82) is 0 Å². The predicted octanol–water partition coefficient (Wildman–Crippen LogP) is -0.200.